The lowest BCUT2D eigenvalue weighted by molar-refractivity contribution is -0.253. The quantitative estimate of drug-likeness (QED) is 0.764. The molecule has 0 spiro atoms. The van der Waals surface area contributed by atoms with Crippen LogP contribution in [0.25, 0.3) is 11.0 Å². The zero-order valence-electron chi connectivity index (χ0n) is 14.5. The molecular formula is C16H18ClF4N3O2. The number of carbonyl (C=O) groups excluding carboxylic acids is 1. The van der Waals surface area contributed by atoms with E-state index < -0.39 is 35.5 Å². The van der Waals surface area contributed by atoms with E-state index in [0.29, 0.717) is 12.4 Å². The van der Waals surface area contributed by atoms with E-state index in [1.807, 2.05) is 0 Å². The zero-order valence-corrected chi connectivity index (χ0v) is 15.3. The molecule has 2 rings (SSSR count). The highest BCUT2D eigenvalue weighted by molar-refractivity contribution is 6.31. The molecule has 1 atom stereocenters. The lowest BCUT2D eigenvalue weighted by Gasteiger charge is -2.27. The van der Waals surface area contributed by atoms with E-state index in [1.165, 1.54) is 10.6 Å². The minimum absolute atomic E-state index is 0.0721. The van der Waals surface area contributed by atoms with E-state index >= 15 is 0 Å². The molecule has 2 aromatic rings. The second kappa shape index (κ2) is 6.38. The van der Waals surface area contributed by atoms with Gasteiger partial charge in [0.2, 0.25) is 11.9 Å². The summed E-state index contributed by atoms with van der Waals surface area (Å²) in [5.74, 6) is -1.87. The van der Waals surface area contributed by atoms with E-state index in [9.17, 15) is 27.5 Å². The number of aromatic nitrogens is 2. The van der Waals surface area contributed by atoms with Gasteiger partial charge in [-0.25, -0.2) is 9.37 Å². The van der Waals surface area contributed by atoms with Crippen LogP contribution in [0.4, 0.5) is 23.5 Å². The van der Waals surface area contributed by atoms with Crippen molar-refractivity contribution in [1.29, 1.82) is 0 Å². The summed E-state index contributed by atoms with van der Waals surface area (Å²) in [6.45, 7) is 5.82. The molecule has 1 aromatic carbocycles. The number of hydrogen-bond acceptors (Lipinski definition) is 3. The summed E-state index contributed by atoms with van der Waals surface area (Å²) in [5, 5.41) is 11.6. The smallest absolute Gasteiger partial charge is 0.380 e. The molecule has 0 aliphatic rings. The van der Waals surface area contributed by atoms with Crippen LogP contribution in [0.5, 0.6) is 0 Å². The van der Waals surface area contributed by atoms with Gasteiger partial charge in [0.25, 0.3) is 0 Å². The second-order valence-electron chi connectivity index (χ2n) is 7.19. The molecule has 0 aliphatic heterocycles. The van der Waals surface area contributed by atoms with Crippen LogP contribution < -0.4 is 5.32 Å². The molecule has 0 radical (unpaired) electrons. The topological polar surface area (TPSA) is 67.2 Å². The molecule has 1 heterocycles. The van der Waals surface area contributed by atoms with E-state index in [4.69, 9.17) is 11.6 Å². The monoisotopic (exact) mass is 395 g/mol. The van der Waals surface area contributed by atoms with Crippen LogP contribution in [-0.2, 0) is 10.3 Å². The van der Waals surface area contributed by atoms with Gasteiger partial charge in [0, 0.05) is 11.6 Å². The van der Waals surface area contributed by atoms with Gasteiger partial charge in [-0.1, -0.05) is 11.6 Å². The molecular weight excluding hydrogens is 378 g/mol. The Balaban J connectivity index is 2.45. The highest BCUT2D eigenvalue weighted by Crippen LogP contribution is 2.34. The predicted molar refractivity (Wildman–Crippen MR) is 89.6 cm³/mol. The van der Waals surface area contributed by atoms with Crippen molar-refractivity contribution in [1.82, 2.24) is 9.55 Å². The number of benzene rings is 1. The van der Waals surface area contributed by atoms with Gasteiger partial charge in [-0.2, -0.15) is 13.2 Å². The molecule has 0 fully saturated rings. The molecule has 1 aromatic heterocycles. The Labute approximate surface area is 152 Å². The second-order valence-corrected chi connectivity index (χ2v) is 7.60. The molecule has 1 amide bonds. The Kier molecular flexibility index (Phi) is 5.02. The van der Waals surface area contributed by atoms with Gasteiger partial charge in [0.05, 0.1) is 22.5 Å². The van der Waals surface area contributed by atoms with Crippen molar-refractivity contribution < 1.29 is 27.5 Å². The molecule has 0 bridgehead atoms. The van der Waals surface area contributed by atoms with Crippen LogP contribution in [0.1, 0.15) is 34.1 Å². The zero-order chi connectivity index (χ0) is 20.1. The first-order valence-electron chi connectivity index (χ1n) is 7.60. The van der Waals surface area contributed by atoms with Crippen molar-refractivity contribution >= 4 is 34.5 Å². The summed E-state index contributed by atoms with van der Waals surface area (Å²) in [7, 11) is 0. The fourth-order valence-electron chi connectivity index (χ4n) is 2.42. The Hall–Kier alpha value is -1.87. The number of nitrogens with one attached hydrogen (secondary N) is 1. The first-order chi connectivity index (χ1) is 11.6. The van der Waals surface area contributed by atoms with E-state index in [2.05, 4.69) is 10.3 Å². The number of alkyl halides is 3. The molecule has 5 nitrogen and oxygen atoms in total. The average Bonchev–Trinajstić information content (AvgIpc) is 2.73. The Morgan fingerprint density at radius 3 is 2.35 bits per heavy atom. The summed E-state index contributed by atoms with van der Waals surface area (Å²) in [5.41, 5.74) is -3.25. The fourth-order valence-corrected chi connectivity index (χ4v) is 2.58. The van der Waals surface area contributed by atoms with Crippen LogP contribution in [0.2, 0.25) is 5.02 Å². The molecule has 2 N–H and O–H groups in total. The SMILES string of the molecule is CC(C)(C)n1c(NC(=O)CC(C)(O)C(F)(F)F)nc2cc(F)c(Cl)cc21. The van der Waals surface area contributed by atoms with Crippen molar-refractivity contribution in [2.24, 2.45) is 0 Å². The lowest BCUT2D eigenvalue weighted by Crippen LogP contribution is -2.45. The Bertz CT molecular complexity index is 854. The van der Waals surface area contributed by atoms with E-state index in [1.54, 1.807) is 20.8 Å². The van der Waals surface area contributed by atoms with E-state index in [0.717, 1.165) is 6.07 Å². The number of anilines is 1. The normalized spacial score (nSPS) is 15.2. The minimum atomic E-state index is -4.97. The fraction of sp³-hybridized carbons (Fsp3) is 0.500. The highest BCUT2D eigenvalue weighted by Gasteiger charge is 2.51. The van der Waals surface area contributed by atoms with Crippen molar-refractivity contribution in [2.75, 3.05) is 5.32 Å². The number of nitrogens with zero attached hydrogens (tertiary/aromatic N) is 2. The number of imidazole rings is 1. The number of halogens is 5. The summed E-state index contributed by atoms with van der Waals surface area (Å²) >= 11 is 5.80. The third-order valence-electron chi connectivity index (χ3n) is 3.73. The summed E-state index contributed by atoms with van der Waals surface area (Å²) in [6, 6.07) is 2.40. The van der Waals surface area contributed by atoms with Crippen LogP contribution in [0, 0.1) is 5.82 Å². The standard InChI is InChI=1S/C16H18ClF4N3O2/c1-14(2,3)24-11-5-8(17)9(18)6-10(11)22-13(24)23-12(25)7-15(4,26)16(19,20)21/h5-6,26H,7H2,1-4H3,(H,22,23,25). The highest BCUT2D eigenvalue weighted by atomic mass is 35.5. The number of aliphatic hydroxyl groups is 1. The summed E-state index contributed by atoms with van der Waals surface area (Å²) in [6.07, 6.45) is -6.18. The Morgan fingerprint density at radius 1 is 1.27 bits per heavy atom. The van der Waals surface area contributed by atoms with Crippen LogP contribution in [0.3, 0.4) is 0 Å². The largest absolute Gasteiger partial charge is 0.417 e. The predicted octanol–water partition coefficient (Wildman–Crippen LogP) is 4.23. The summed E-state index contributed by atoms with van der Waals surface area (Å²) < 4.78 is 53.4. The maximum Gasteiger partial charge on any atom is 0.417 e. The molecule has 0 aliphatic carbocycles. The van der Waals surface area contributed by atoms with Crippen molar-refractivity contribution in [3.05, 3.63) is 23.0 Å². The third-order valence-corrected chi connectivity index (χ3v) is 4.02. The first-order valence-corrected chi connectivity index (χ1v) is 7.98. The molecule has 0 saturated heterocycles. The number of rotatable bonds is 3. The molecule has 144 valence electrons. The molecule has 26 heavy (non-hydrogen) atoms. The van der Waals surface area contributed by atoms with Gasteiger partial charge in [0.1, 0.15) is 5.82 Å². The number of amides is 1. The average molecular weight is 396 g/mol. The van der Waals surface area contributed by atoms with Gasteiger partial charge in [-0.3, -0.25) is 10.1 Å². The van der Waals surface area contributed by atoms with Crippen molar-refractivity contribution in [3.63, 3.8) is 0 Å². The molecule has 1 unspecified atom stereocenters. The first kappa shape index (κ1) is 20.4. The van der Waals surface area contributed by atoms with Gasteiger partial charge >= 0.3 is 6.18 Å². The van der Waals surface area contributed by atoms with Crippen molar-refractivity contribution in [2.45, 2.75) is 51.4 Å². The van der Waals surface area contributed by atoms with Crippen LogP contribution in [0.15, 0.2) is 12.1 Å². The minimum Gasteiger partial charge on any atom is -0.380 e. The van der Waals surface area contributed by atoms with Crippen LogP contribution >= 0.6 is 11.6 Å². The molecule has 0 saturated carbocycles. The number of hydrogen-bond donors (Lipinski definition) is 2. The van der Waals surface area contributed by atoms with Gasteiger partial charge < -0.3 is 9.67 Å². The maximum atomic E-state index is 13.7. The van der Waals surface area contributed by atoms with Crippen LogP contribution in [-0.4, -0.2) is 32.3 Å². The van der Waals surface area contributed by atoms with Crippen molar-refractivity contribution in [3.8, 4) is 0 Å². The summed E-state index contributed by atoms with van der Waals surface area (Å²) in [4.78, 5) is 16.1. The maximum absolute atomic E-state index is 13.7. The van der Waals surface area contributed by atoms with Gasteiger partial charge in [0.15, 0.2) is 5.60 Å². The number of carbonyl (C=O) groups is 1. The van der Waals surface area contributed by atoms with E-state index in [-0.39, 0.29) is 16.5 Å². The lowest BCUT2D eigenvalue weighted by atomic mass is 10.0. The van der Waals surface area contributed by atoms with Gasteiger partial charge in [-0.15, -0.1) is 0 Å². The number of fused-ring (bicyclic) bond motifs is 1. The van der Waals surface area contributed by atoms with Gasteiger partial charge in [-0.05, 0) is 33.8 Å². The Morgan fingerprint density at radius 2 is 1.85 bits per heavy atom. The third kappa shape index (κ3) is 3.93. The molecule has 10 heteroatoms.